The van der Waals surface area contributed by atoms with E-state index in [0.717, 1.165) is 5.56 Å². The fourth-order valence-corrected chi connectivity index (χ4v) is 2.14. The number of hydrogen-bond donors (Lipinski definition) is 2. The molecule has 0 aliphatic carbocycles. The first-order valence-corrected chi connectivity index (χ1v) is 6.41. The summed E-state index contributed by atoms with van der Waals surface area (Å²) in [6.45, 7) is 2.45. The highest BCUT2D eigenvalue weighted by molar-refractivity contribution is 6.43. The van der Waals surface area contributed by atoms with Crippen molar-refractivity contribution < 1.29 is 9.53 Å². The molecule has 1 aliphatic rings. The molecule has 7 heteroatoms. The Bertz CT molecular complexity index is 482. The second-order valence-corrected chi connectivity index (χ2v) is 5.07. The van der Waals surface area contributed by atoms with E-state index in [-0.39, 0.29) is 30.3 Å². The maximum atomic E-state index is 11.8. The zero-order chi connectivity index (χ0) is 13.3. The number of hydrogen-bond acceptors (Lipinski definition) is 3. The first-order chi connectivity index (χ1) is 8.54. The summed E-state index contributed by atoms with van der Waals surface area (Å²) < 4.78 is 5.47. The van der Waals surface area contributed by atoms with E-state index in [4.69, 9.17) is 33.7 Å². The van der Waals surface area contributed by atoms with Crippen LogP contribution in [0.1, 0.15) is 18.5 Å². The molecule has 2 atom stereocenters. The molecule has 106 valence electrons. The second kappa shape index (κ2) is 6.66. The van der Waals surface area contributed by atoms with Gasteiger partial charge in [0.25, 0.3) is 0 Å². The molecule has 0 aromatic heterocycles. The molecule has 0 saturated heterocycles. The van der Waals surface area contributed by atoms with Gasteiger partial charge < -0.3 is 15.8 Å². The van der Waals surface area contributed by atoms with E-state index in [9.17, 15) is 4.79 Å². The van der Waals surface area contributed by atoms with Gasteiger partial charge in [-0.1, -0.05) is 36.2 Å². The van der Waals surface area contributed by atoms with E-state index >= 15 is 0 Å². The minimum Gasteiger partial charge on any atom is -0.489 e. The van der Waals surface area contributed by atoms with Crippen molar-refractivity contribution in [2.45, 2.75) is 13.0 Å². The van der Waals surface area contributed by atoms with Crippen LogP contribution in [0.3, 0.4) is 0 Å². The Morgan fingerprint density at radius 1 is 1.58 bits per heavy atom. The van der Waals surface area contributed by atoms with Crippen molar-refractivity contribution >= 4 is 41.5 Å². The number of nitrogens with two attached hydrogens (primary N) is 1. The first kappa shape index (κ1) is 16.4. The summed E-state index contributed by atoms with van der Waals surface area (Å²) in [6.07, 6.45) is 0. The van der Waals surface area contributed by atoms with Gasteiger partial charge in [-0.05, 0) is 6.07 Å². The van der Waals surface area contributed by atoms with Crippen molar-refractivity contribution in [2.24, 2.45) is 11.7 Å². The van der Waals surface area contributed by atoms with Gasteiger partial charge in [-0.15, -0.1) is 12.4 Å². The number of nitrogens with one attached hydrogen (secondary N) is 1. The van der Waals surface area contributed by atoms with Gasteiger partial charge in [0.05, 0.1) is 11.1 Å². The smallest absolute Gasteiger partial charge is 0.224 e. The Labute approximate surface area is 128 Å². The normalized spacial score (nSPS) is 18.0. The van der Waals surface area contributed by atoms with E-state index in [1.807, 2.05) is 6.07 Å². The topological polar surface area (TPSA) is 64.4 Å². The number of carbonyl (C=O) groups is 1. The lowest BCUT2D eigenvalue weighted by Gasteiger charge is -2.15. The van der Waals surface area contributed by atoms with Crippen molar-refractivity contribution in [1.29, 1.82) is 0 Å². The molecule has 2 rings (SSSR count). The Morgan fingerprint density at radius 2 is 2.26 bits per heavy atom. The molecule has 3 N–H and O–H groups in total. The average molecular weight is 326 g/mol. The van der Waals surface area contributed by atoms with Crippen molar-refractivity contribution in [2.75, 3.05) is 13.2 Å². The standard InChI is InChI=1S/C12H14Cl2N2O2.ClH/c1-6(4-15)12(17)16-9-5-18-11-7(9)2-3-8(13)10(11)14;/h2-3,6,9H,4-5,15H2,1H3,(H,16,17);1H. The molecule has 1 amide bonds. The van der Waals surface area contributed by atoms with Gasteiger partial charge in [0, 0.05) is 18.0 Å². The van der Waals surface area contributed by atoms with Gasteiger partial charge in [-0.2, -0.15) is 0 Å². The zero-order valence-corrected chi connectivity index (χ0v) is 12.6. The maximum Gasteiger partial charge on any atom is 0.224 e. The lowest BCUT2D eigenvalue weighted by Crippen LogP contribution is -2.36. The largest absolute Gasteiger partial charge is 0.489 e. The molecule has 1 aromatic carbocycles. The molecule has 0 radical (unpaired) electrons. The molecule has 0 spiro atoms. The summed E-state index contributed by atoms with van der Waals surface area (Å²) >= 11 is 11.9. The Hall–Kier alpha value is -0.680. The minimum absolute atomic E-state index is 0. The zero-order valence-electron chi connectivity index (χ0n) is 10.3. The third-order valence-corrected chi connectivity index (χ3v) is 3.75. The summed E-state index contributed by atoms with van der Waals surface area (Å²) in [5, 5.41) is 3.72. The van der Waals surface area contributed by atoms with Gasteiger partial charge in [0.2, 0.25) is 5.91 Å². The lowest BCUT2D eigenvalue weighted by atomic mass is 10.1. The predicted molar refractivity (Wildman–Crippen MR) is 78.3 cm³/mol. The maximum absolute atomic E-state index is 11.8. The Kier molecular flexibility index (Phi) is 5.74. The molecule has 4 nitrogen and oxygen atoms in total. The number of amides is 1. The van der Waals surface area contributed by atoms with Gasteiger partial charge in [-0.3, -0.25) is 4.79 Å². The summed E-state index contributed by atoms with van der Waals surface area (Å²) in [6, 6.07) is 3.31. The molecule has 0 saturated carbocycles. The highest BCUT2D eigenvalue weighted by Gasteiger charge is 2.29. The molecule has 1 aromatic rings. The second-order valence-electron chi connectivity index (χ2n) is 4.29. The van der Waals surface area contributed by atoms with Crippen LogP contribution in [0, 0.1) is 5.92 Å². The number of fused-ring (bicyclic) bond motifs is 1. The van der Waals surface area contributed by atoms with Crippen LogP contribution in [0.5, 0.6) is 5.75 Å². The fraction of sp³-hybridized carbons (Fsp3) is 0.417. The summed E-state index contributed by atoms with van der Waals surface area (Å²) in [7, 11) is 0. The number of halogens is 3. The van der Waals surface area contributed by atoms with Gasteiger partial charge in [-0.25, -0.2) is 0 Å². The van der Waals surface area contributed by atoms with Crippen LogP contribution in [0.2, 0.25) is 10.0 Å². The summed E-state index contributed by atoms with van der Waals surface area (Å²) in [4.78, 5) is 11.8. The monoisotopic (exact) mass is 324 g/mol. The molecule has 1 heterocycles. The van der Waals surface area contributed by atoms with Crippen LogP contribution in [0.15, 0.2) is 12.1 Å². The number of ether oxygens (including phenoxy) is 1. The van der Waals surface area contributed by atoms with E-state index in [1.165, 1.54) is 0 Å². The number of rotatable bonds is 3. The molecule has 2 unspecified atom stereocenters. The van der Waals surface area contributed by atoms with Crippen LogP contribution in [-0.2, 0) is 4.79 Å². The molecule has 19 heavy (non-hydrogen) atoms. The number of carbonyl (C=O) groups excluding carboxylic acids is 1. The van der Waals surface area contributed by atoms with E-state index in [2.05, 4.69) is 5.32 Å². The number of benzene rings is 1. The van der Waals surface area contributed by atoms with Crippen LogP contribution in [0.25, 0.3) is 0 Å². The average Bonchev–Trinajstić information content (AvgIpc) is 2.76. The SMILES string of the molecule is CC(CN)C(=O)NC1COc2c1ccc(Cl)c2Cl.Cl. The summed E-state index contributed by atoms with van der Waals surface area (Å²) in [5.74, 6) is 0.233. The first-order valence-electron chi connectivity index (χ1n) is 5.65. The highest BCUT2D eigenvalue weighted by Crippen LogP contribution is 2.42. The Balaban J connectivity index is 0.00000180. The van der Waals surface area contributed by atoms with E-state index in [1.54, 1.807) is 13.0 Å². The van der Waals surface area contributed by atoms with Crippen molar-refractivity contribution in [3.63, 3.8) is 0 Å². The molecule has 1 aliphatic heterocycles. The Morgan fingerprint density at radius 3 is 2.89 bits per heavy atom. The van der Waals surface area contributed by atoms with Crippen molar-refractivity contribution in [3.05, 3.63) is 27.7 Å². The molecule has 0 fully saturated rings. The molecular weight excluding hydrogens is 311 g/mol. The van der Waals surface area contributed by atoms with Gasteiger partial charge in [0.1, 0.15) is 17.4 Å². The van der Waals surface area contributed by atoms with Crippen LogP contribution in [-0.4, -0.2) is 19.1 Å². The third-order valence-electron chi connectivity index (χ3n) is 2.97. The highest BCUT2D eigenvalue weighted by atomic mass is 35.5. The van der Waals surface area contributed by atoms with Crippen LogP contribution < -0.4 is 15.8 Å². The van der Waals surface area contributed by atoms with Crippen molar-refractivity contribution in [1.82, 2.24) is 5.32 Å². The fourth-order valence-electron chi connectivity index (χ4n) is 1.76. The summed E-state index contributed by atoms with van der Waals surface area (Å²) in [5.41, 5.74) is 6.30. The predicted octanol–water partition coefficient (Wildman–Crippen LogP) is 2.56. The van der Waals surface area contributed by atoms with Gasteiger partial charge >= 0.3 is 0 Å². The molecule has 0 bridgehead atoms. The quantitative estimate of drug-likeness (QED) is 0.897. The van der Waals surface area contributed by atoms with E-state index < -0.39 is 0 Å². The van der Waals surface area contributed by atoms with Crippen LogP contribution in [0.4, 0.5) is 0 Å². The van der Waals surface area contributed by atoms with E-state index in [0.29, 0.717) is 28.9 Å². The van der Waals surface area contributed by atoms with Crippen molar-refractivity contribution in [3.8, 4) is 5.75 Å². The minimum atomic E-state index is -0.225. The van der Waals surface area contributed by atoms with Gasteiger partial charge in [0.15, 0.2) is 0 Å². The molecular formula is C12H15Cl3N2O2. The van der Waals surface area contributed by atoms with Crippen LogP contribution >= 0.6 is 35.6 Å². The lowest BCUT2D eigenvalue weighted by molar-refractivity contribution is -0.125. The third kappa shape index (κ3) is 3.26.